The number of nitrogens with one attached hydrogen (secondary N) is 1. The molecule has 2 rings (SSSR count). The van der Waals surface area contributed by atoms with Crippen LogP contribution in [0.25, 0.3) is 0 Å². The standard InChI is InChI=1S/C13H10BrF2NO2S/c1-6-7(2-12(20-6)13(18)19)5-17-11-3-8(14)9(15)4-10(11)16/h2-4,17H,5H2,1H3,(H,18,19). The van der Waals surface area contributed by atoms with Crippen LogP contribution in [0.1, 0.15) is 20.1 Å². The van der Waals surface area contributed by atoms with Crippen LogP contribution >= 0.6 is 27.3 Å². The monoisotopic (exact) mass is 361 g/mol. The molecule has 0 aliphatic rings. The topological polar surface area (TPSA) is 49.3 Å². The van der Waals surface area contributed by atoms with Gasteiger partial charge >= 0.3 is 5.97 Å². The third-order valence-corrected chi connectivity index (χ3v) is 4.40. The predicted octanol–water partition coefficient (Wildman–Crippen LogP) is 4.41. The SMILES string of the molecule is Cc1sc(C(=O)O)cc1CNc1cc(Br)c(F)cc1F. The van der Waals surface area contributed by atoms with E-state index >= 15 is 0 Å². The fourth-order valence-corrected chi connectivity index (χ4v) is 2.87. The molecule has 0 aliphatic carbocycles. The first-order valence-electron chi connectivity index (χ1n) is 5.59. The maximum atomic E-state index is 13.6. The van der Waals surface area contributed by atoms with Crippen molar-refractivity contribution in [2.24, 2.45) is 0 Å². The van der Waals surface area contributed by atoms with Crippen LogP contribution in [0.5, 0.6) is 0 Å². The number of thiophene rings is 1. The number of anilines is 1. The van der Waals surface area contributed by atoms with Crippen LogP contribution in [0.3, 0.4) is 0 Å². The van der Waals surface area contributed by atoms with E-state index in [4.69, 9.17) is 5.11 Å². The number of benzene rings is 1. The molecule has 0 saturated heterocycles. The molecule has 106 valence electrons. The number of aromatic carboxylic acids is 1. The summed E-state index contributed by atoms with van der Waals surface area (Å²) in [6, 6.07) is 3.64. The van der Waals surface area contributed by atoms with Crippen molar-refractivity contribution in [3.63, 3.8) is 0 Å². The molecule has 0 atom stereocenters. The van der Waals surface area contributed by atoms with E-state index in [1.165, 1.54) is 6.07 Å². The summed E-state index contributed by atoms with van der Waals surface area (Å²) < 4.78 is 26.8. The lowest BCUT2D eigenvalue weighted by molar-refractivity contribution is 0.0702. The van der Waals surface area contributed by atoms with E-state index in [1.807, 2.05) is 0 Å². The van der Waals surface area contributed by atoms with Gasteiger partial charge < -0.3 is 10.4 Å². The number of carboxylic acids is 1. The summed E-state index contributed by atoms with van der Waals surface area (Å²) in [4.78, 5) is 11.9. The second-order valence-corrected chi connectivity index (χ2v) is 6.21. The zero-order valence-electron chi connectivity index (χ0n) is 10.3. The number of carbonyl (C=O) groups is 1. The molecule has 0 unspecified atom stereocenters. The van der Waals surface area contributed by atoms with Crippen LogP contribution in [0.15, 0.2) is 22.7 Å². The van der Waals surface area contributed by atoms with Gasteiger partial charge in [-0.1, -0.05) is 0 Å². The van der Waals surface area contributed by atoms with Crippen molar-refractivity contribution >= 4 is 38.9 Å². The van der Waals surface area contributed by atoms with Crippen LogP contribution in [-0.4, -0.2) is 11.1 Å². The fourth-order valence-electron chi connectivity index (χ4n) is 1.65. The van der Waals surface area contributed by atoms with Crippen LogP contribution in [0, 0.1) is 18.6 Å². The highest BCUT2D eigenvalue weighted by atomic mass is 79.9. The van der Waals surface area contributed by atoms with Crippen molar-refractivity contribution in [3.05, 3.63) is 49.6 Å². The van der Waals surface area contributed by atoms with Crippen molar-refractivity contribution < 1.29 is 18.7 Å². The Hall–Kier alpha value is -1.47. The second-order valence-electron chi connectivity index (χ2n) is 4.10. The van der Waals surface area contributed by atoms with Gasteiger partial charge in [0.2, 0.25) is 0 Å². The van der Waals surface area contributed by atoms with Gasteiger partial charge in [-0.15, -0.1) is 11.3 Å². The number of hydrogen-bond donors (Lipinski definition) is 2. The zero-order valence-corrected chi connectivity index (χ0v) is 12.7. The number of halogens is 3. The average Bonchev–Trinajstić information content (AvgIpc) is 2.74. The molecule has 0 radical (unpaired) electrons. The first-order valence-corrected chi connectivity index (χ1v) is 7.20. The molecule has 0 bridgehead atoms. The van der Waals surface area contributed by atoms with Gasteiger partial charge in [0.25, 0.3) is 0 Å². The normalized spacial score (nSPS) is 10.6. The molecule has 0 spiro atoms. The summed E-state index contributed by atoms with van der Waals surface area (Å²) in [5.74, 6) is -2.36. The lowest BCUT2D eigenvalue weighted by Crippen LogP contribution is -2.02. The maximum Gasteiger partial charge on any atom is 0.345 e. The predicted molar refractivity (Wildman–Crippen MR) is 77.4 cm³/mol. The van der Waals surface area contributed by atoms with Crippen molar-refractivity contribution in [1.29, 1.82) is 0 Å². The molecule has 1 heterocycles. The van der Waals surface area contributed by atoms with Gasteiger partial charge in [-0.05, 0) is 40.5 Å². The Morgan fingerprint density at radius 3 is 2.65 bits per heavy atom. The largest absolute Gasteiger partial charge is 0.477 e. The molecule has 0 amide bonds. The van der Waals surface area contributed by atoms with Crippen molar-refractivity contribution in [2.75, 3.05) is 5.32 Å². The Labute approximate surface area is 126 Å². The Balaban J connectivity index is 2.17. The summed E-state index contributed by atoms with van der Waals surface area (Å²) in [7, 11) is 0. The number of aryl methyl sites for hydroxylation is 1. The molecule has 7 heteroatoms. The lowest BCUT2D eigenvalue weighted by atomic mass is 10.2. The fraction of sp³-hybridized carbons (Fsp3) is 0.154. The van der Waals surface area contributed by atoms with E-state index in [1.54, 1.807) is 13.0 Å². The molecule has 1 aromatic carbocycles. The average molecular weight is 362 g/mol. The summed E-state index contributed by atoms with van der Waals surface area (Å²) >= 11 is 4.15. The Morgan fingerprint density at radius 2 is 2.05 bits per heavy atom. The van der Waals surface area contributed by atoms with E-state index in [-0.39, 0.29) is 21.6 Å². The highest BCUT2D eigenvalue weighted by Gasteiger charge is 2.12. The molecule has 2 N–H and O–H groups in total. The maximum absolute atomic E-state index is 13.6. The van der Waals surface area contributed by atoms with Crippen LogP contribution in [0.4, 0.5) is 14.5 Å². The Kier molecular flexibility index (Phi) is 4.39. The molecule has 0 aliphatic heterocycles. The van der Waals surface area contributed by atoms with Crippen molar-refractivity contribution in [2.45, 2.75) is 13.5 Å². The molecule has 2 aromatic rings. The molecule has 1 aromatic heterocycles. The Morgan fingerprint density at radius 1 is 1.35 bits per heavy atom. The van der Waals surface area contributed by atoms with Crippen LogP contribution in [0.2, 0.25) is 0 Å². The third-order valence-electron chi connectivity index (χ3n) is 2.71. The van der Waals surface area contributed by atoms with Crippen LogP contribution in [-0.2, 0) is 6.54 Å². The summed E-state index contributed by atoms with van der Waals surface area (Å²) in [6.07, 6.45) is 0. The molecule has 0 saturated carbocycles. The molecule has 0 fully saturated rings. The quantitative estimate of drug-likeness (QED) is 0.793. The highest BCUT2D eigenvalue weighted by Crippen LogP contribution is 2.26. The van der Waals surface area contributed by atoms with E-state index in [2.05, 4.69) is 21.2 Å². The minimum absolute atomic E-state index is 0.153. The van der Waals surface area contributed by atoms with E-state index in [0.29, 0.717) is 0 Å². The van der Waals surface area contributed by atoms with Crippen molar-refractivity contribution in [1.82, 2.24) is 0 Å². The first kappa shape index (κ1) is 14.9. The number of rotatable bonds is 4. The van der Waals surface area contributed by atoms with E-state index in [0.717, 1.165) is 27.8 Å². The van der Waals surface area contributed by atoms with Gasteiger partial charge in [0.1, 0.15) is 16.5 Å². The van der Waals surface area contributed by atoms with Gasteiger partial charge in [-0.2, -0.15) is 0 Å². The molecule has 20 heavy (non-hydrogen) atoms. The lowest BCUT2D eigenvalue weighted by Gasteiger charge is -2.08. The third kappa shape index (κ3) is 3.16. The molecule has 3 nitrogen and oxygen atoms in total. The summed E-state index contributed by atoms with van der Waals surface area (Å²) in [5, 5.41) is 11.7. The number of carboxylic acid groups (broad SMARTS) is 1. The van der Waals surface area contributed by atoms with Gasteiger partial charge in [0.05, 0.1) is 10.2 Å². The number of hydrogen-bond acceptors (Lipinski definition) is 3. The second kappa shape index (κ2) is 5.88. The van der Waals surface area contributed by atoms with Crippen molar-refractivity contribution in [3.8, 4) is 0 Å². The molecular weight excluding hydrogens is 352 g/mol. The summed E-state index contributed by atoms with van der Waals surface area (Å²) in [6.45, 7) is 2.07. The minimum atomic E-state index is -0.986. The summed E-state index contributed by atoms with van der Waals surface area (Å²) in [5.41, 5.74) is 0.924. The van der Waals surface area contributed by atoms with E-state index < -0.39 is 17.6 Å². The zero-order chi connectivity index (χ0) is 14.9. The Bertz CT molecular complexity index is 673. The van der Waals surface area contributed by atoms with Gasteiger partial charge in [0, 0.05) is 17.5 Å². The molecular formula is C13H10BrF2NO2S. The first-order chi connectivity index (χ1) is 9.38. The van der Waals surface area contributed by atoms with Gasteiger partial charge in [0.15, 0.2) is 0 Å². The van der Waals surface area contributed by atoms with E-state index in [9.17, 15) is 13.6 Å². The van der Waals surface area contributed by atoms with Crippen LogP contribution < -0.4 is 5.32 Å². The minimum Gasteiger partial charge on any atom is -0.477 e. The van der Waals surface area contributed by atoms with Gasteiger partial charge in [-0.3, -0.25) is 0 Å². The van der Waals surface area contributed by atoms with Gasteiger partial charge in [-0.25, -0.2) is 13.6 Å². The highest BCUT2D eigenvalue weighted by molar-refractivity contribution is 9.10. The smallest absolute Gasteiger partial charge is 0.345 e.